The van der Waals surface area contributed by atoms with Crippen molar-refractivity contribution in [3.8, 4) is 0 Å². The summed E-state index contributed by atoms with van der Waals surface area (Å²) < 4.78 is 9.33. The maximum atomic E-state index is 11.3. The lowest BCUT2D eigenvalue weighted by Gasteiger charge is -2.21. The van der Waals surface area contributed by atoms with Crippen LogP contribution in [0.4, 0.5) is 0 Å². The highest BCUT2D eigenvalue weighted by Gasteiger charge is 2.41. The first-order chi connectivity index (χ1) is 14.0. The van der Waals surface area contributed by atoms with E-state index in [1.165, 1.54) is 48.6 Å². The number of benzene rings is 2. The summed E-state index contributed by atoms with van der Waals surface area (Å²) in [4.78, 5) is 22.7. The quantitative estimate of drug-likeness (QED) is 0.588. The number of hydrogen-bond donors (Lipinski definition) is 0. The largest absolute Gasteiger partial charge is 0.466 e. The van der Waals surface area contributed by atoms with E-state index in [9.17, 15) is 9.59 Å². The standard InChI is InChI=1S/C25H24O4/c1-28-23(26)9-5-17-3-7-19-13-25(15-21(19)11-17)14-20-8-4-18(12-22(20)16-25)6-10-24(27)29-2/h3-12H,13-16H2,1-2H3/b9-5+,10-6+. The van der Waals surface area contributed by atoms with Crippen molar-refractivity contribution in [2.75, 3.05) is 14.2 Å². The fourth-order valence-corrected chi connectivity index (χ4v) is 4.63. The van der Waals surface area contributed by atoms with Crippen LogP contribution in [-0.4, -0.2) is 26.2 Å². The van der Waals surface area contributed by atoms with Gasteiger partial charge in [0.25, 0.3) is 0 Å². The summed E-state index contributed by atoms with van der Waals surface area (Å²) in [7, 11) is 2.76. The summed E-state index contributed by atoms with van der Waals surface area (Å²) in [5, 5.41) is 0. The molecule has 0 aromatic heterocycles. The van der Waals surface area contributed by atoms with E-state index in [1.807, 2.05) is 0 Å². The van der Waals surface area contributed by atoms with Crippen LogP contribution in [0.3, 0.4) is 0 Å². The van der Waals surface area contributed by atoms with E-state index in [4.69, 9.17) is 0 Å². The summed E-state index contributed by atoms with van der Waals surface area (Å²) in [6.45, 7) is 0. The zero-order valence-electron chi connectivity index (χ0n) is 16.7. The van der Waals surface area contributed by atoms with Crippen molar-refractivity contribution in [1.29, 1.82) is 0 Å². The van der Waals surface area contributed by atoms with Crippen molar-refractivity contribution in [2.24, 2.45) is 5.41 Å². The Morgan fingerprint density at radius 3 is 1.55 bits per heavy atom. The van der Waals surface area contributed by atoms with Crippen LogP contribution in [0.5, 0.6) is 0 Å². The number of hydrogen-bond acceptors (Lipinski definition) is 4. The third-order valence-electron chi connectivity index (χ3n) is 5.95. The van der Waals surface area contributed by atoms with Crippen LogP contribution >= 0.6 is 0 Å². The van der Waals surface area contributed by atoms with Crippen LogP contribution in [0.1, 0.15) is 33.4 Å². The van der Waals surface area contributed by atoms with E-state index in [-0.39, 0.29) is 17.4 Å². The number of fused-ring (bicyclic) bond motifs is 2. The monoisotopic (exact) mass is 388 g/mol. The Morgan fingerprint density at radius 2 is 1.14 bits per heavy atom. The lowest BCUT2D eigenvalue weighted by Crippen LogP contribution is -2.21. The second kappa shape index (κ2) is 7.70. The van der Waals surface area contributed by atoms with Gasteiger partial charge in [0, 0.05) is 12.2 Å². The molecule has 4 heteroatoms. The number of ether oxygens (including phenoxy) is 2. The number of methoxy groups -OCH3 is 2. The molecule has 2 aliphatic carbocycles. The number of esters is 2. The molecular formula is C25H24O4. The van der Waals surface area contributed by atoms with E-state index in [2.05, 4.69) is 45.9 Å². The van der Waals surface area contributed by atoms with E-state index in [0.717, 1.165) is 36.8 Å². The summed E-state index contributed by atoms with van der Waals surface area (Å²) in [6.07, 6.45) is 10.8. The molecule has 0 saturated heterocycles. The maximum absolute atomic E-state index is 11.3. The van der Waals surface area contributed by atoms with Crippen LogP contribution < -0.4 is 0 Å². The molecule has 0 fully saturated rings. The average Bonchev–Trinajstić information content (AvgIpc) is 3.26. The average molecular weight is 388 g/mol. The number of rotatable bonds is 4. The Labute approximate surface area is 170 Å². The van der Waals surface area contributed by atoms with Gasteiger partial charge in [-0.1, -0.05) is 36.4 Å². The molecule has 0 atom stereocenters. The predicted octanol–water partition coefficient (Wildman–Crippen LogP) is 3.94. The third kappa shape index (κ3) is 4.02. The lowest BCUT2D eigenvalue weighted by atomic mass is 9.82. The van der Waals surface area contributed by atoms with Gasteiger partial charge in [0.15, 0.2) is 0 Å². The predicted molar refractivity (Wildman–Crippen MR) is 112 cm³/mol. The number of carbonyl (C=O) groups is 2. The fourth-order valence-electron chi connectivity index (χ4n) is 4.63. The molecule has 148 valence electrons. The highest BCUT2D eigenvalue weighted by Crippen LogP contribution is 2.47. The Balaban J connectivity index is 1.51. The van der Waals surface area contributed by atoms with Gasteiger partial charge in [0.2, 0.25) is 0 Å². The van der Waals surface area contributed by atoms with E-state index in [1.54, 1.807) is 12.2 Å². The molecule has 2 aromatic carbocycles. The minimum atomic E-state index is -0.342. The van der Waals surface area contributed by atoms with Gasteiger partial charge >= 0.3 is 11.9 Å². The van der Waals surface area contributed by atoms with E-state index < -0.39 is 0 Å². The second-order valence-corrected chi connectivity index (χ2v) is 7.98. The van der Waals surface area contributed by atoms with Crippen LogP contribution in [-0.2, 0) is 44.7 Å². The van der Waals surface area contributed by atoms with Gasteiger partial charge in [-0.2, -0.15) is 0 Å². The summed E-state index contributed by atoms with van der Waals surface area (Å²) >= 11 is 0. The van der Waals surface area contributed by atoms with Gasteiger partial charge < -0.3 is 9.47 Å². The van der Waals surface area contributed by atoms with Gasteiger partial charge in [0.05, 0.1) is 14.2 Å². The van der Waals surface area contributed by atoms with Gasteiger partial charge in [-0.05, 0) is 76.6 Å². The minimum Gasteiger partial charge on any atom is -0.466 e. The van der Waals surface area contributed by atoms with Gasteiger partial charge in [-0.15, -0.1) is 0 Å². The van der Waals surface area contributed by atoms with Crippen molar-refractivity contribution < 1.29 is 19.1 Å². The lowest BCUT2D eigenvalue weighted by molar-refractivity contribution is -0.135. The molecule has 0 N–H and O–H groups in total. The molecule has 1 spiro atoms. The van der Waals surface area contributed by atoms with Crippen LogP contribution in [0.2, 0.25) is 0 Å². The first kappa shape index (κ1) is 19.2. The molecular weight excluding hydrogens is 364 g/mol. The fraction of sp³-hybridized carbons (Fsp3) is 0.280. The second-order valence-electron chi connectivity index (χ2n) is 7.98. The minimum absolute atomic E-state index is 0.236. The Kier molecular flexibility index (Phi) is 5.10. The summed E-state index contributed by atoms with van der Waals surface area (Å²) in [5.74, 6) is -0.685. The molecule has 0 unspecified atom stereocenters. The van der Waals surface area contributed by atoms with Crippen LogP contribution in [0, 0.1) is 5.41 Å². The van der Waals surface area contributed by atoms with Gasteiger partial charge in [-0.3, -0.25) is 0 Å². The first-order valence-electron chi connectivity index (χ1n) is 9.76. The van der Waals surface area contributed by atoms with Crippen molar-refractivity contribution in [1.82, 2.24) is 0 Å². The van der Waals surface area contributed by atoms with Crippen molar-refractivity contribution in [2.45, 2.75) is 25.7 Å². The highest BCUT2D eigenvalue weighted by molar-refractivity contribution is 5.87. The smallest absolute Gasteiger partial charge is 0.330 e. The van der Waals surface area contributed by atoms with E-state index >= 15 is 0 Å². The molecule has 0 aliphatic heterocycles. The molecule has 4 nitrogen and oxygen atoms in total. The SMILES string of the molecule is COC(=O)/C=C/c1ccc2c(c1)CC1(C2)Cc2ccc(/C=C/C(=O)OC)cc2C1. The summed E-state index contributed by atoms with van der Waals surface area (Å²) in [5.41, 5.74) is 7.83. The zero-order valence-corrected chi connectivity index (χ0v) is 16.7. The van der Waals surface area contributed by atoms with Crippen molar-refractivity contribution >= 4 is 24.1 Å². The normalized spacial score (nSPS) is 16.3. The van der Waals surface area contributed by atoms with E-state index in [0.29, 0.717) is 0 Å². The first-order valence-corrected chi connectivity index (χ1v) is 9.76. The Morgan fingerprint density at radius 1 is 0.724 bits per heavy atom. The van der Waals surface area contributed by atoms with Crippen LogP contribution in [0.25, 0.3) is 12.2 Å². The maximum Gasteiger partial charge on any atom is 0.330 e. The van der Waals surface area contributed by atoms with Gasteiger partial charge in [-0.25, -0.2) is 9.59 Å². The third-order valence-corrected chi connectivity index (χ3v) is 5.95. The summed E-state index contributed by atoms with van der Waals surface area (Å²) in [6, 6.07) is 12.9. The molecule has 0 saturated carbocycles. The molecule has 4 rings (SSSR count). The molecule has 0 radical (unpaired) electrons. The molecule has 2 aromatic rings. The molecule has 29 heavy (non-hydrogen) atoms. The molecule has 0 amide bonds. The Hall–Kier alpha value is -3.14. The molecule has 0 bridgehead atoms. The number of carbonyl (C=O) groups excluding carboxylic acids is 2. The van der Waals surface area contributed by atoms with Crippen molar-refractivity contribution in [3.05, 3.63) is 81.9 Å². The highest BCUT2D eigenvalue weighted by atomic mass is 16.5. The zero-order chi connectivity index (χ0) is 20.4. The topological polar surface area (TPSA) is 52.6 Å². The molecule has 0 heterocycles. The van der Waals surface area contributed by atoms with Crippen LogP contribution in [0.15, 0.2) is 48.6 Å². The van der Waals surface area contributed by atoms with Crippen molar-refractivity contribution in [3.63, 3.8) is 0 Å². The Bertz CT molecular complexity index is 946. The van der Waals surface area contributed by atoms with Gasteiger partial charge in [0.1, 0.15) is 0 Å². The molecule has 2 aliphatic rings.